The highest BCUT2D eigenvalue weighted by Gasteiger charge is 2.27. The van der Waals surface area contributed by atoms with Crippen molar-refractivity contribution in [3.63, 3.8) is 0 Å². The average molecular weight is 449 g/mol. The normalized spacial score (nSPS) is 14.6. The van der Waals surface area contributed by atoms with Crippen LogP contribution in [0.2, 0.25) is 0 Å². The van der Waals surface area contributed by atoms with Gasteiger partial charge in [-0.25, -0.2) is 8.42 Å². The molecule has 0 aliphatic carbocycles. The van der Waals surface area contributed by atoms with E-state index < -0.39 is 10.0 Å². The molecular weight excluding hydrogens is 428 g/mol. The average Bonchev–Trinajstić information content (AvgIpc) is 3.52. The molecule has 2 aromatic heterocycles. The van der Waals surface area contributed by atoms with Crippen LogP contribution < -0.4 is 5.32 Å². The third-order valence-electron chi connectivity index (χ3n) is 5.42. The van der Waals surface area contributed by atoms with E-state index in [0.717, 1.165) is 24.1 Å². The quantitative estimate of drug-likeness (QED) is 0.503. The Kier molecular flexibility index (Phi) is 5.16. The van der Waals surface area contributed by atoms with E-state index in [1.165, 1.54) is 34.9 Å². The first-order chi connectivity index (χ1) is 15.5. The van der Waals surface area contributed by atoms with Crippen LogP contribution in [-0.4, -0.2) is 51.5 Å². The Bertz CT molecular complexity index is 1380. The van der Waals surface area contributed by atoms with Gasteiger partial charge in [0.05, 0.1) is 10.6 Å². The molecule has 1 aliphatic rings. The number of sulfonamides is 1. The highest BCUT2D eigenvalue weighted by Crippen LogP contribution is 2.22. The third-order valence-corrected chi connectivity index (χ3v) is 7.33. The van der Waals surface area contributed by atoms with E-state index in [0.29, 0.717) is 30.0 Å². The molecule has 4 aromatic rings. The molecule has 1 fully saturated rings. The summed E-state index contributed by atoms with van der Waals surface area (Å²) < 4.78 is 28.3. The lowest BCUT2D eigenvalue weighted by Gasteiger charge is -2.15. The Balaban J connectivity index is 1.28. The molecule has 1 amide bonds. The summed E-state index contributed by atoms with van der Waals surface area (Å²) in [4.78, 5) is 12.8. The van der Waals surface area contributed by atoms with Crippen molar-refractivity contribution in [1.82, 2.24) is 24.1 Å². The molecule has 0 bridgehead atoms. The Morgan fingerprint density at radius 2 is 1.62 bits per heavy atom. The maximum Gasteiger partial charge on any atom is 0.255 e. The molecule has 2 aromatic carbocycles. The van der Waals surface area contributed by atoms with Crippen LogP contribution >= 0.6 is 0 Å². The molecule has 0 saturated carbocycles. The maximum absolute atomic E-state index is 12.6. The Hall–Kier alpha value is -3.63. The third kappa shape index (κ3) is 3.85. The highest BCUT2D eigenvalue weighted by molar-refractivity contribution is 7.89. The Morgan fingerprint density at radius 3 is 2.34 bits per heavy atom. The number of aromatic nitrogens is 4. The van der Waals surface area contributed by atoms with E-state index in [1.54, 1.807) is 16.6 Å². The zero-order valence-corrected chi connectivity index (χ0v) is 17.9. The number of nitrogens with one attached hydrogen (secondary N) is 1. The van der Waals surface area contributed by atoms with Crippen LogP contribution in [0, 0.1) is 0 Å². The standard InChI is InChI=1S/C22H20N6O3S/c29-22(17-5-9-19(10-6-17)32(30,31)27-13-1-2-14-27)24-18-7-3-16(4-8-18)20-11-12-21-25-23-15-28(21)26-20/h3-12,15H,1-2,13-14H2,(H,24,29). The van der Waals surface area contributed by atoms with Gasteiger partial charge in [-0.05, 0) is 61.4 Å². The molecule has 5 rings (SSSR count). The van der Waals surface area contributed by atoms with Crippen molar-refractivity contribution in [2.45, 2.75) is 17.7 Å². The Morgan fingerprint density at radius 1 is 0.906 bits per heavy atom. The number of amides is 1. The monoisotopic (exact) mass is 448 g/mol. The minimum Gasteiger partial charge on any atom is -0.322 e. The fourth-order valence-electron chi connectivity index (χ4n) is 3.67. The zero-order valence-electron chi connectivity index (χ0n) is 17.0. The molecule has 3 heterocycles. The van der Waals surface area contributed by atoms with Crippen molar-refractivity contribution < 1.29 is 13.2 Å². The molecule has 162 valence electrons. The fourth-order valence-corrected chi connectivity index (χ4v) is 5.18. The molecule has 9 nitrogen and oxygen atoms in total. The molecule has 10 heteroatoms. The number of carbonyl (C=O) groups is 1. The lowest BCUT2D eigenvalue weighted by molar-refractivity contribution is 0.102. The van der Waals surface area contributed by atoms with E-state index in [9.17, 15) is 13.2 Å². The molecule has 32 heavy (non-hydrogen) atoms. The van der Waals surface area contributed by atoms with Gasteiger partial charge >= 0.3 is 0 Å². The van der Waals surface area contributed by atoms with Crippen molar-refractivity contribution in [1.29, 1.82) is 0 Å². The van der Waals surface area contributed by atoms with Crippen molar-refractivity contribution in [2.24, 2.45) is 0 Å². The van der Waals surface area contributed by atoms with Crippen molar-refractivity contribution in [3.8, 4) is 11.3 Å². The van der Waals surface area contributed by atoms with Gasteiger partial charge in [0.2, 0.25) is 10.0 Å². The van der Waals surface area contributed by atoms with Crippen LogP contribution in [0.25, 0.3) is 16.9 Å². The number of hydrogen-bond acceptors (Lipinski definition) is 6. The number of benzene rings is 2. The molecule has 0 radical (unpaired) electrons. The smallest absolute Gasteiger partial charge is 0.255 e. The first-order valence-electron chi connectivity index (χ1n) is 10.2. The lowest BCUT2D eigenvalue weighted by Crippen LogP contribution is -2.27. The molecule has 0 atom stereocenters. The number of nitrogens with zero attached hydrogens (tertiary/aromatic N) is 5. The zero-order chi connectivity index (χ0) is 22.1. The fraction of sp³-hybridized carbons (Fsp3) is 0.182. The van der Waals surface area contributed by atoms with Crippen molar-refractivity contribution in [3.05, 3.63) is 72.6 Å². The van der Waals surface area contributed by atoms with E-state index in [4.69, 9.17) is 0 Å². The summed E-state index contributed by atoms with van der Waals surface area (Å²) in [6, 6.07) is 17.0. The first kappa shape index (κ1) is 20.3. The van der Waals surface area contributed by atoms with Crippen LogP contribution in [0.15, 0.2) is 71.9 Å². The number of hydrogen-bond donors (Lipinski definition) is 1. The molecular formula is C22H20N6O3S. The highest BCUT2D eigenvalue weighted by atomic mass is 32.2. The van der Waals surface area contributed by atoms with Gasteiger partial charge in [0.1, 0.15) is 6.33 Å². The number of anilines is 1. The molecule has 0 unspecified atom stereocenters. The minimum absolute atomic E-state index is 0.206. The minimum atomic E-state index is -3.50. The second kappa shape index (κ2) is 8.13. The van der Waals surface area contributed by atoms with Gasteiger partial charge in [0, 0.05) is 29.9 Å². The van der Waals surface area contributed by atoms with Gasteiger partial charge in [-0.15, -0.1) is 10.2 Å². The van der Waals surface area contributed by atoms with Crippen LogP contribution in [0.5, 0.6) is 0 Å². The van der Waals surface area contributed by atoms with Gasteiger partial charge < -0.3 is 5.32 Å². The SMILES string of the molecule is O=C(Nc1ccc(-c2ccc3nncn3n2)cc1)c1ccc(S(=O)(=O)N2CCCC2)cc1. The summed E-state index contributed by atoms with van der Waals surface area (Å²) >= 11 is 0. The predicted molar refractivity (Wildman–Crippen MR) is 119 cm³/mol. The van der Waals surface area contributed by atoms with E-state index in [1.807, 2.05) is 24.3 Å². The number of rotatable bonds is 5. The van der Waals surface area contributed by atoms with Crippen molar-refractivity contribution >= 4 is 27.3 Å². The summed E-state index contributed by atoms with van der Waals surface area (Å²) in [5.41, 5.74) is 3.31. The van der Waals surface area contributed by atoms with Gasteiger partial charge in [-0.3, -0.25) is 4.79 Å². The second-order valence-electron chi connectivity index (χ2n) is 7.52. The van der Waals surface area contributed by atoms with Gasteiger partial charge in [-0.1, -0.05) is 12.1 Å². The summed E-state index contributed by atoms with van der Waals surface area (Å²) in [7, 11) is -3.50. The molecule has 1 saturated heterocycles. The summed E-state index contributed by atoms with van der Waals surface area (Å²) in [6.45, 7) is 1.09. The van der Waals surface area contributed by atoms with E-state index in [2.05, 4.69) is 20.6 Å². The summed E-state index contributed by atoms with van der Waals surface area (Å²) in [5.74, 6) is -0.313. The van der Waals surface area contributed by atoms with Crippen molar-refractivity contribution in [2.75, 3.05) is 18.4 Å². The summed E-state index contributed by atoms with van der Waals surface area (Å²) in [5, 5.41) is 15.0. The lowest BCUT2D eigenvalue weighted by atomic mass is 10.1. The summed E-state index contributed by atoms with van der Waals surface area (Å²) in [6.07, 6.45) is 3.29. The van der Waals surface area contributed by atoms with E-state index in [-0.39, 0.29) is 10.8 Å². The van der Waals surface area contributed by atoms with E-state index >= 15 is 0 Å². The molecule has 0 spiro atoms. The maximum atomic E-state index is 12.6. The number of carbonyl (C=O) groups excluding carboxylic acids is 1. The molecule has 1 N–H and O–H groups in total. The van der Waals surface area contributed by atoms with Crippen LogP contribution in [0.3, 0.4) is 0 Å². The Labute approximate surface area is 184 Å². The van der Waals surface area contributed by atoms with Crippen LogP contribution in [-0.2, 0) is 10.0 Å². The second-order valence-corrected chi connectivity index (χ2v) is 9.46. The first-order valence-corrected chi connectivity index (χ1v) is 11.6. The topological polar surface area (TPSA) is 110 Å². The number of fused-ring (bicyclic) bond motifs is 1. The van der Waals surface area contributed by atoms with Gasteiger partial charge in [0.25, 0.3) is 5.91 Å². The van der Waals surface area contributed by atoms with Crippen LogP contribution in [0.4, 0.5) is 5.69 Å². The van der Waals surface area contributed by atoms with Gasteiger partial charge in [-0.2, -0.15) is 13.9 Å². The van der Waals surface area contributed by atoms with Crippen LogP contribution in [0.1, 0.15) is 23.2 Å². The van der Waals surface area contributed by atoms with Gasteiger partial charge in [0.15, 0.2) is 5.65 Å². The largest absolute Gasteiger partial charge is 0.322 e. The molecule has 1 aliphatic heterocycles. The predicted octanol–water partition coefficient (Wildman–Crippen LogP) is 2.83.